The van der Waals surface area contributed by atoms with Crippen molar-refractivity contribution >= 4 is 11.9 Å². The summed E-state index contributed by atoms with van der Waals surface area (Å²) >= 11 is 0. The van der Waals surface area contributed by atoms with Crippen LogP contribution in [-0.4, -0.2) is 47.4 Å². The molecule has 1 amide bonds. The maximum Gasteiger partial charge on any atom is 0.305 e. The normalized spacial score (nSPS) is 12.6. The maximum absolute atomic E-state index is 12.4. The molecule has 2 unspecified atom stereocenters. The molecule has 0 aliphatic rings. The first kappa shape index (κ1) is 54.9. The third-order valence-electron chi connectivity index (χ3n) is 11.9. The van der Waals surface area contributed by atoms with Gasteiger partial charge < -0.3 is 20.3 Å². The number of amides is 1. The number of hydrogen-bond acceptors (Lipinski definition) is 5. The number of aliphatic hydroxyl groups is 2. The lowest BCUT2D eigenvalue weighted by molar-refractivity contribution is -0.143. The van der Waals surface area contributed by atoms with Gasteiger partial charge in [0.15, 0.2) is 0 Å². The molecule has 56 heavy (non-hydrogen) atoms. The molecule has 334 valence electrons. The lowest BCUT2D eigenvalue weighted by Gasteiger charge is -2.22. The highest BCUT2D eigenvalue weighted by atomic mass is 16.5. The molecular formula is C50H99NO5. The van der Waals surface area contributed by atoms with E-state index in [4.69, 9.17) is 4.74 Å². The monoisotopic (exact) mass is 794 g/mol. The van der Waals surface area contributed by atoms with Gasteiger partial charge in [0.1, 0.15) is 0 Å². The smallest absolute Gasteiger partial charge is 0.305 e. The lowest BCUT2D eigenvalue weighted by Crippen LogP contribution is -2.45. The molecule has 3 N–H and O–H groups in total. The number of rotatable bonds is 47. The van der Waals surface area contributed by atoms with Crippen LogP contribution in [0.3, 0.4) is 0 Å². The van der Waals surface area contributed by atoms with Crippen LogP contribution in [0.4, 0.5) is 0 Å². The van der Waals surface area contributed by atoms with E-state index in [1.54, 1.807) is 0 Å². The summed E-state index contributed by atoms with van der Waals surface area (Å²) in [6, 6.07) is -0.548. The summed E-state index contributed by atoms with van der Waals surface area (Å²) in [5, 5.41) is 23.2. The molecule has 0 rings (SSSR count). The fourth-order valence-corrected chi connectivity index (χ4v) is 7.99. The standard InChI is InChI=1S/C50H99NO5/c1-3-5-7-9-11-13-15-16-17-19-23-26-30-34-38-42-48(53)47(46-52)51-49(54)43-39-35-31-27-24-20-18-21-25-29-33-37-41-45-56-50(55)44-40-36-32-28-22-14-12-10-8-6-4-2/h47-48,52-53H,3-46H2,1-2H3,(H,51,54). The molecule has 0 aromatic rings. The number of carbonyl (C=O) groups excluding carboxylic acids is 2. The Morgan fingerprint density at radius 3 is 1.09 bits per heavy atom. The molecule has 0 spiro atoms. The quantitative estimate of drug-likeness (QED) is 0.0421. The van der Waals surface area contributed by atoms with Crippen molar-refractivity contribution in [1.29, 1.82) is 0 Å². The van der Waals surface area contributed by atoms with E-state index in [-0.39, 0.29) is 18.5 Å². The zero-order chi connectivity index (χ0) is 40.8. The van der Waals surface area contributed by atoms with Gasteiger partial charge in [0.25, 0.3) is 0 Å². The van der Waals surface area contributed by atoms with Crippen LogP contribution in [0.1, 0.15) is 284 Å². The summed E-state index contributed by atoms with van der Waals surface area (Å²) < 4.78 is 5.44. The Morgan fingerprint density at radius 1 is 0.429 bits per heavy atom. The Morgan fingerprint density at radius 2 is 0.732 bits per heavy atom. The third-order valence-corrected chi connectivity index (χ3v) is 11.9. The molecule has 0 aliphatic heterocycles. The average Bonchev–Trinajstić information content (AvgIpc) is 3.20. The van der Waals surface area contributed by atoms with Crippen LogP contribution in [0.2, 0.25) is 0 Å². The van der Waals surface area contributed by atoms with Crippen LogP contribution < -0.4 is 5.32 Å². The second-order valence-corrected chi connectivity index (χ2v) is 17.5. The number of aliphatic hydroxyl groups excluding tert-OH is 2. The van der Waals surface area contributed by atoms with Crippen LogP contribution in [0.5, 0.6) is 0 Å². The molecule has 0 fully saturated rings. The van der Waals surface area contributed by atoms with E-state index >= 15 is 0 Å². The van der Waals surface area contributed by atoms with Crippen molar-refractivity contribution in [1.82, 2.24) is 5.32 Å². The third kappa shape index (κ3) is 42.5. The van der Waals surface area contributed by atoms with E-state index in [0.29, 0.717) is 25.9 Å². The van der Waals surface area contributed by atoms with Crippen molar-refractivity contribution in [3.05, 3.63) is 0 Å². The number of unbranched alkanes of at least 4 members (excludes halogenated alkanes) is 36. The first-order chi connectivity index (χ1) is 27.5. The Bertz CT molecular complexity index is 791. The van der Waals surface area contributed by atoms with Gasteiger partial charge in [-0.25, -0.2) is 0 Å². The first-order valence-corrected chi connectivity index (χ1v) is 25.3. The lowest BCUT2D eigenvalue weighted by atomic mass is 10.0. The van der Waals surface area contributed by atoms with Gasteiger partial charge in [-0.3, -0.25) is 9.59 Å². The van der Waals surface area contributed by atoms with Gasteiger partial charge in [-0.2, -0.15) is 0 Å². The van der Waals surface area contributed by atoms with E-state index in [0.717, 1.165) is 51.4 Å². The molecule has 0 aliphatic carbocycles. The Labute approximate surface area is 349 Å². The van der Waals surface area contributed by atoms with Gasteiger partial charge in [-0.1, -0.05) is 245 Å². The van der Waals surface area contributed by atoms with Gasteiger partial charge >= 0.3 is 5.97 Å². The Kier molecular flexibility index (Phi) is 45.6. The van der Waals surface area contributed by atoms with E-state index in [1.165, 1.54) is 199 Å². The predicted molar refractivity (Wildman–Crippen MR) is 241 cm³/mol. The highest BCUT2D eigenvalue weighted by Gasteiger charge is 2.20. The molecule has 0 aromatic carbocycles. The zero-order valence-electron chi connectivity index (χ0n) is 37.9. The summed E-state index contributed by atoms with van der Waals surface area (Å²) in [6.45, 7) is 4.93. The maximum atomic E-state index is 12.4. The van der Waals surface area contributed by atoms with Crippen molar-refractivity contribution in [2.45, 2.75) is 296 Å². The van der Waals surface area contributed by atoms with Crippen molar-refractivity contribution in [3.63, 3.8) is 0 Å². The van der Waals surface area contributed by atoms with Crippen LogP contribution in [0.15, 0.2) is 0 Å². The van der Waals surface area contributed by atoms with E-state index in [9.17, 15) is 19.8 Å². The largest absolute Gasteiger partial charge is 0.466 e. The van der Waals surface area contributed by atoms with Gasteiger partial charge in [-0.15, -0.1) is 0 Å². The number of esters is 1. The molecule has 6 heteroatoms. The Balaban J connectivity index is 3.45. The number of hydrogen-bond donors (Lipinski definition) is 3. The first-order valence-electron chi connectivity index (χ1n) is 25.3. The number of nitrogens with one attached hydrogen (secondary N) is 1. The second-order valence-electron chi connectivity index (χ2n) is 17.5. The summed E-state index contributed by atoms with van der Waals surface area (Å²) in [5.41, 5.74) is 0. The molecule has 0 radical (unpaired) electrons. The van der Waals surface area contributed by atoms with Crippen LogP contribution in [0, 0.1) is 0 Å². The minimum absolute atomic E-state index is 0.00520. The molecular weight excluding hydrogens is 695 g/mol. The van der Waals surface area contributed by atoms with Gasteiger partial charge in [0, 0.05) is 12.8 Å². The fourth-order valence-electron chi connectivity index (χ4n) is 7.99. The molecule has 0 heterocycles. The van der Waals surface area contributed by atoms with Crippen LogP contribution >= 0.6 is 0 Å². The van der Waals surface area contributed by atoms with Crippen molar-refractivity contribution in [3.8, 4) is 0 Å². The van der Waals surface area contributed by atoms with E-state index in [2.05, 4.69) is 19.2 Å². The molecule has 0 saturated carbocycles. The highest BCUT2D eigenvalue weighted by molar-refractivity contribution is 5.76. The minimum atomic E-state index is -0.670. The average molecular weight is 794 g/mol. The Hall–Kier alpha value is -1.14. The van der Waals surface area contributed by atoms with Gasteiger partial charge in [0.2, 0.25) is 5.91 Å². The predicted octanol–water partition coefficient (Wildman–Crippen LogP) is 14.8. The van der Waals surface area contributed by atoms with Crippen LogP contribution in [-0.2, 0) is 14.3 Å². The molecule has 0 aromatic heterocycles. The topological polar surface area (TPSA) is 95.9 Å². The van der Waals surface area contributed by atoms with Crippen molar-refractivity contribution in [2.75, 3.05) is 13.2 Å². The summed E-state index contributed by atoms with van der Waals surface area (Å²) in [6.07, 6.45) is 50.6. The number of ether oxygens (including phenoxy) is 1. The fraction of sp³-hybridized carbons (Fsp3) is 0.960. The van der Waals surface area contributed by atoms with Crippen LogP contribution in [0.25, 0.3) is 0 Å². The van der Waals surface area contributed by atoms with Crippen molar-refractivity contribution in [2.24, 2.45) is 0 Å². The molecule has 6 nitrogen and oxygen atoms in total. The summed E-state index contributed by atoms with van der Waals surface area (Å²) in [5.74, 6) is -0.0511. The minimum Gasteiger partial charge on any atom is -0.466 e. The van der Waals surface area contributed by atoms with Crippen molar-refractivity contribution < 1.29 is 24.5 Å². The SMILES string of the molecule is CCCCCCCCCCCCCCCCCC(O)C(CO)NC(=O)CCCCCCCCCCCCCCCOC(=O)CCCCCCCCCCCCC. The summed E-state index contributed by atoms with van der Waals surface area (Å²) in [7, 11) is 0. The highest BCUT2D eigenvalue weighted by Crippen LogP contribution is 2.17. The van der Waals surface area contributed by atoms with Gasteiger partial charge in [0.05, 0.1) is 25.4 Å². The zero-order valence-corrected chi connectivity index (χ0v) is 37.9. The molecule has 0 bridgehead atoms. The van der Waals surface area contributed by atoms with E-state index in [1.807, 2.05) is 0 Å². The van der Waals surface area contributed by atoms with Gasteiger partial charge in [-0.05, 0) is 25.7 Å². The molecule has 2 atom stereocenters. The summed E-state index contributed by atoms with van der Waals surface area (Å²) in [4.78, 5) is 24.4. The van der Waals surface area contributed by atoms with E-state index < -0.39 is 12.1 Å². The molecule has 0 saturated heterocycles. The second kappa shape index (κ2) is 46.5. The number of carbonyl (C=O) groups is 2.